The Bertz CT molecular complexity index is 2220. The Kier molecular flexibility index (Phi) is 13.1. The third kappa shape index (κ3) is 8.56. The number of allylic oxidation sites excluding steroid dienone is 6. The van der Waals surface area contributed by atoms with Gasteiger partial charge in [-0.1, -0.05) is 34.6 Å². The summed E-state index contributed by atoms with van der Waals surface area (Å²) in [7, 11) is 0. The molecule has 1 fully saturated rings. The molecule has 0 unspecified atom stereocenters. The molecule has 5 aliphatic rings. The van der Waals surface area contributed by atoms with Crippen molar-refractivity contribution in [2.45, 2.75) is 138 Å². The van der Waals surface area contributed by atoms with E-state index in [9.17, 15) is 69.3 Å². The van der Waals surface area contributed by atoms with E-state index in [4.69, 9.17) is 15.0 Å². The van der Waals surface area contributed by atoms with Crippen LogP contribution in [0.25, 0.3) is 0 Å². The lowest BCUT2D eigenvalue weighted by Crippen LogP contribution is -2.55. The molecule has 0 aromatic carbocycles. The van der Waals surface area contributed by atoms with Crippen molar-refractivity contribution in [2.24, 2.45) is 60.3 Å². The molecule has 0 spiro atoms. The number of nitrogens with zero attached hydrogens (tertiary/aromatic N) is 3. The number of aliphatic carboxylic acids is 7. The van der Waals surface area contributed by atoms with Gasteiger partial charge in [0.2, 0.25) is 0 Å². The lowest BCUT2D eigenvalue weighted by Gasteiger charge is -2.48. The summed E-state index contributed by atoms with van der Waals surface area (Å²) in [5.74, 6) is -11.5. The summed E-state index contributed by atoms with van der Waals surface area (Å²) in [6.07, 6.45) is -1.45. The molecular weight excluding hydrogens is 821 g/mol. The van der Waals surface area contributed by atoms with Gasteiger partial charge in [0.1, 0.15) is 0 Å². The molecule has 0 aliphatic carbocycles. The maximum absolute atomic E-state index is 13.1. The van der Waals surface area contributed by atoms with E-state index in [1.54, 1.807) is 47.6 Å². The molecule has 0 aromatic heterocycles. The zero-order chi connectivity index (χ0) is 47.4. The molecule has 9 atom stereocenters. The summed E-state index contributed by atoms with van der Waals surface area (Å²) in [4.78, 5) is 104. The molecule has 63 heavy (non-hydrogen) atoms. The normalized spacial score (nSPS) is 36.2. The van der Waals surface area contributed by atoms with E-state index in [0.29, 0.717) is 39.7 Å². The van der Waals surface area contributed by atoms with Gasteiger partial charge in [-0.2, -0.15) is 0 Å². The van der Waals surface area contributed by atoms with Gasteiger partial charge in [0.05, 0.1) is 30.8 Å². The number of carboxylic acids is 7. The van der Waals surface area contributed by atoms with Crippen LogP contribution < -0.4 is 5.32 Å². The number of fused-ring (bicyclic) bond motifs is 6. The van der Waals surface area contributed by atoms with Crippen LogP contribution in [-0.4, -0.2) is 106 Å². The van der Waals surface area contributed by atoms with Crippen LogP contribution in [0.5, 0.6) is 0 Å². The lowest BCUT2D eigenvalue weighted by molar-refractivity contribution is -0.143. The second-order valence-corrected chi connectivity index (χ2v) is 19.5. The summed E-state index contributed by atoms with van der Waals surface area (Å²) in [6, 6.07) is -1.15. The minimum Gasteiger partial charge on any atom is -0.481 e. The molecule has 5 rings (SSSR count). The SMILES string of the molecule is C/C1=C2N=C(/C=C3\N/C(=C(/C)C4=N[C@](C)([C@@H]5N=C1[C@](C)(CCC(=O)O)[C@H]5CC(=O)O)[C@@](C)(CC(=O)O)[C@@H]4CCC(=O)O)[C@@](C)(CC(=O)O)[C@@H]3CCC(=O)O)C(C)(C)[C@@H]/2CCC(=O)O. The molecule has 344 valence electrons. The highest BCUT2D eigenvalue weighted by atomic mass is 16.4. The fourth-order valence-electron chi connectivity index (χ4n) is 11.8. The van der Waals surface area contributed by atoms with Gasteiger partial charge >= 0.3 is 41.8 Å². The Morgan fingerprint density at radius 2 is 1.16 bits per heavy atom. The predicted octanol–water partition coefficient (Wildman–Crippen LogP) is 5.92. The third-order valence-electron chi connectivity index (χ3n) is 15.3. The predicted molar refractivity (Wildman–Crippen MR) is 227 cm³/mol. The number of nitrogens with one attached hydrogen (secondary N) is 1. The fraction of sp³-hybridized carbons (Fsp3) is 0.644. The Morgan fingerprint density at radius 1 is 0.635 bits per heavy atom. The van der Waals surface area contributed by atoms with Crippen molar-refractivity contribution in [3.05, 3.63) is 34.3 Å². The summed E-state index contributed by atoms with van der Waals surface area (Å²) < 4.78 is 0. The fourth-order valence-corrected chi connectivity index (χ4v) is 11.8. The van der Waals surface area contributed by atoms with Crippen LogP contribution in [0.2, 0.25) is 0 Å². The number of rotatable bonds is 18. The molecule has 8 bridgehead atoms. The number of hydrogen-bond acceptors (Lipinski definition) is 11. The lowest BCUT2D eigenvalue weighted by atomic mass is 9.55. The molecule has 5 heterocycles. The number of carbonyl (C=O) groups is 7. The van der Waals surface area contributed by atoms with Crippen LogP contribution in [0.4, 0.5) is 0 Å². The Hall–Kier alpha value is -5.68. The van der Waals surface area contributed by atoms with Gasteiger partial charge in [-0.05, 0) is 63.7 Å². The minimum absolute atomic E-state index is 0.0202. The maximum atomic E-state index is 13.1. The number of hydrogen-bond donors (Lipinski definition) is 8. The number of carboxylic acid groups (broad SMARTS) is 7. The van der Waals surface area contributed by atoms with Crippen molar-refractivity contribution in [1.29, 1.82) is 0 Å². The molecule has 5 aliphatic heterocycles. The van der Waals surface area contributed by atoms with Gasteiger partial charge in [-0.25, -0.2) is 0 Å². The number of aliphatic imine (C=N–C) groups is 3. The first kappa shape index (κ1) is 48.4. The van der Waals surface area contributed by atoms with Crippen LogP contribution in [0.1, 0.15) is 126 Å². The zero-order valence-corrected chi connectivity index (χ0v) is 37.1. The van der Waals surface area contributed by atoms with E-state index in [1.165, 1.54) is 0 Å². The van der Waals surface area contributed by atoms with Crippen molar-refractivity contribution in [2.75, 3.05) is 0 Å². The highest BCUT2D eigenvalue weighted by molar-refractivity contribution is 6.10. The zero-order valence-electron chi connectivity index (χ0n) is 37.1. The van der Waals surface area contributed by atoms with E-state index in [2.05, 4.69) is 5.32 Å². The molecule has 18 heteroatoms. The molecular formula is C45H60N4O14. The van der Waals surface area contributed by atoms with E-state index in [-0.39, 0.29) is 44.2 Å². The first-order chi connectivity index (χ1) is 29.0. The van der Waals surface area contributed by atoms with Gasteiger partial charge in [-0.15, -0.1) is 0 Å². The van der Waals surface area contributed by atoms with Crippen LogP contribution in [0, 0.1) is 45.3 Å². The topological polar surface area (TPSA) is 310 Å². The summed E-state index contributed by atoms with van der Waals surface area (Å²) in [5, 5.41) is 75.1. The van der Waals surface area contributed by atoms with Crippen LogP contribution in [0.15, 0.2) is 49.3 Å². The average Bonchev–Trinajstić information content (AvgIpc) is 3.75. The third-order valence-corrected chi connectivity index (χ3v) is 15.3. The quantitative estimate of drug-likeness (QED) is 0.0792. The smallest absolute Gasteiger partial charge is 0.304 e. The Balaban J connectivity index is 2.03. The molecule has 18 nitrogen and oxygen atoms in total. The molecule has 0 saturated carbocycles. The second-order valence-electron chi connectivity index (χ2n) is 19.5. The van der Waals surface area contributed by atoms with Crippen LogP contribution in [-0.2, 0) is 33.6 Å². The van der Waals surface area contributed by atoms with Crippen molar-refractivity contribution < 1.29 is 69.3 Å². The van der Waals surface area contributed by atoms with Gasteiger partial charge in [0.15, 0.2) is 0 Å². The van der Waals surface area contributed by atoms with Crippen LogP contribution in [0.3, 0.4) is 0 Å². The van der Waals surface area contributed by atoms with E-state index in [1.807, 2.05) is 13.8 Å². The second kappa shape index (κ2) is 17.1. The molecule has 0 aromatic rings. The van der Waals surface area contributed by atoms with Crippen molar-refractivity contribution in [3.8, 4) is 0 Å². The van der Waals surface area contributed by atoms with E-state index >= 15 is 0 Å². The first-order valence-electron chi connectivity index (χ1n) is 21.3. The van der Waals surface area contributed by atoms with E-state index < -0.39 is 131 Å². The monoisotopic (exact) mass is 880 g/mol. The Labute approximate surface area is 365 Å². The standard InChI is InChI=1S/C45H60N4O14/c1-21-36-24(10-13-30(52)53)41(3,4)28(47-36)18-27-23(9-12-29(50)51)43(6,19-34(60)61)39(46-27)22(2)37-25(11-14-31(54)55)44(7,20-35(62)63)45(8,49-37)40-26(17-33(58)59)42(5,38(21)48-40)16-15-32(56)57/h18,23-26,40,46H,9-17,19-20H2,1-8H3,(H,50,51)(H,52,53)(H,54,55)(H,56,57)(H,58,59)(H,60,61)(H,62,63)/b27-18-,36-21-,39-22-/t23-,24-,25-,26+,40-,42-,43+,44+,45-/m1/s1. The Morgan fingerprint density at radius 3 is 1.67 bits per heavy atom. The highest BCUT2D eigenvalue weighted by Crippen LogP contribution is 2.62. The maximum Gasteiger partial charge on any atom is 0.304 e. The van der Waals surface area contributed by atoms with Gasteiger partial charge in [0, 0.05) is 105 Å². The average molecular weight is 881 g/mol. The van der Waals surface area contributed by atoms with E-state index in [0.717, 1.165) is 0 Å². The van der Waals surface area contributed by atoms with Crippen molar-refractivity contribution in [1.82, 2.24) is 5.32 Å². The highest BCUT2D eigenvalue weighted by Gasteiger charge is 2.66. The first-order valence-corrected chi connectivity index (χ1v) is 21.3. The van der Waals surface area contributed by atoms with Crippen molar-refractivity contribution in [3.63, 3.8) is 0 Å². The summed E-state index contributed by atoms with van der Waals surface area (Å²) in [5.41, 5.74) is -3.60. The summed E-state index contributed by atoms with van der Waals surface area (Å²) >= 11 is 0. The molecule has 0 radical (unpaired) electrons. The minimum atomic E-state index is -1.63. The largest absolute Gasteiger partial charge is 0.481 e. The van der Waals surface area contributed by atoms with Gasteiger partial charge < -0.3 is 41.1 Å². The van der Waals surface area contributed by atoms with Gasteiger partial charge in [-0.3, -0.25) is 48.5 Å². The summed E-state index contributed by atoms with van der Waals surface area (Å²) in [6.45, 7) is 13.9. The molecule has 1 saturated heterocycles. The molecule has 0 amide bonds. The van der Waals surface area contributed by atoms with Crippen LogP contribution >= 0.6 is 0 Å². The molecule has 8 N–H and O–H groups in total. The van der Waals surface area contributed by atoms with Gasteiger partial charge in [0.25, 0.3) is 0 Å². The van der Waals surface area contributed by atoms with Crippen molar-refractivity contribution >= 4 is 58.9 Å².